The normalized spacial score (nSPS) is 6.57. The summed E-state index contributed by atoms with van der Waals surface area (Å²) in [5.41, 5.74) is 6.64. The molecule has 44 valence electrons. The van der Waals surface area contributed by atoms with Crippen LogP contribution in [0.15, 0.2) is 0 Å². The molecule has 4 nitrogen and oxygen atoms in total. The molecular weight excluding hydrogens is 117 g/mol. The lowest BCUT2D eigenvalue weighted by atomic mass is 10.7. The fourth-order valence-electron chi connectivity index (χ4n) is 0.0589. The Labute approximate surface area is 47.6 Å². The number of carbonyl (C=O) groups excluding carboxylic acids is 1. The lowest BCUT2D eigenvalue weighted by molar-refractivity contribution is -0.119. The monoisotopic (exact) mass is 125 g/mol. The maximum absolute atomic E-state index is 9.82. The third-order valence-corrected chi connectivity index (χ3v) is 0.346. The lowest BCUT2D eigenvalue weighted by Crippen LogP contribution is -2.35. The van der Waals surface area contributed by atoms with Crippen LogP contribution in [0, 0.1) is 0 Å². The molecule has 0 saturated heterocycles. The Kier molecular flexibility index (Phi) is 7.98. The van der Waals surface area contributed by atoms with Crippen molar-refractivity contribution in [2.75, 3.05) is 6.54 Å². The van der Waals surface area contributed by atoms with Gasteiger partial charge in [-0.05, 0) is 0 Å². The molecule has 0 unspecified atom stereocenters. The van der Waals surface area contributed by atoms with Gasteiger partial charge in [-0.2, -0.15) is 0 Å². The molecule has 7 heavy (non-hydrogen) atoms. The van der Waals surface area contributed by atoms with Gasteiger partial charge in [0, 0.05) is 0 Å². The summed E-state index contributed by atoms with van der Waals surface area (Å²) in [6.07, 6.45) is 0. The van der Waals surface area contributed by atoms with Gasteiger partial charge in [0.1, 0.15) is 0 Å². The smallest absolute Gasteiger partial charge is 0.247 e. The van der Waals surface area contributed by atoms with Gasteiger partial charge in [-0.1, -0.05) is 0 Å². The second-order valence-electron chi connectivity index (χ2n) is 0.772. The number of hydrogen-bond donors (Lipinski definition) is 3. The Bertz CT molecular complexity index is 50.9. The second kappa shape index (κ2) is 5.68. The predicted octanol–water partition coefficient (Wildman–Crippen LogP) is -1.64. The first-order chi connectivity index (χ1) is 2.81. The van der Waals surface area contributed by atoms with Crippen molar-refractivity contribution >= 4 is 18.3 Å². The molecule has 0 aliphatic rings. The van der Waals surface area contributed by atoms with Gasteiger partial charge >= 0.3 is 0 Å². The molecule has 0 saturated carbocycles. The number of halogens is 1. The molecule has 0 radical (unpaired) electrons. The van der Waals surface area contributed by atoms with Crippen LogP contribution in [-0.2, 0) is 4.79 Å². The fraction of sp³-hybridized carbons (Fsp3) is 0.500. The average molecular weight is 126 g/mol. The van der Waals surface area contributed by atoms with E-state index < -0.39 is 0 Å². The molecule has 0 aromatic carbocycles. The zero-order valence-electron chi connectivity index (χ0n) is 3.68. The average Bonchev–Trinajstić information content (AvgIpc) is 1.65. The van der Waals surface area contributed by atoms with E-state index in [4.69, 9.17) is 5.73 Å². The summed E-state index contributed by atoms with van der Waals surface area (Å²) < 4.78 is 0. The standard InChI is InChI=1S/C2H7N3O.ClH/c3-1-2(6)5-4;/h1,3-4H2,(H,5,6);1H. The maximum atomic E-state index is 9.82. The molecule has 0 rings (SSSR count). The van der Waals surface area contributed by atoms with E-state index in [1.54, 1.807) is 0 Å². The highest BCUT2D eigenvalue weighted by Gasteiger charge is 1.85. The number of nitrogens with one attached hydrogen (secondary N) is 1. The van der Waals surface area contributed by atoms with Gasteiger partial charge in [0.15, 0.2) is 0 Å². The SMILES string of the molecule is Cl.NCC(=O)NN. The summed E-state index contributed by atoms with van der Waals surface area (Å²) in [7, 11) is 0. The van der Waals surface area contributed by atoms with E-state index in [1.165, 1.54) is 0 Å². The molecule has 0 aromatic rings. The Hall–Kier alpha value is -0.320. The Morgan fingerprint density at radius 3 is 2.14 bits per heavy atom. The quantitative estimate of drug-likeness (QED) is 0.223. The Morgan fingerprint density at radius 2 is 2.14 bits per heavy atom. The van der Waals surface area contributed by atoms with E-state index in [1.807, 2.05) is 5.43 Å². The summed E-state index contributed by atoms with van der Waals surface area (Å²) in [5.74, 6) is 4.25. The van der Waals surface area contributed by atoms with Crippen LogP contribution in [0.2, 0.25) is 0 Å². The van der Waals surface area contributed by atoms with Crippen molar-refractivity contribution in [1.29, 1.82) is 0 Å². The van der Waals surface area contributed by atoms with Crippen molar-refractivity contribution in [2.24, 2.45) is 11.6 Å². The van der Waals surface area contributed by atoms with Gasteiger partial charge in [-0.15, -0.1) is 12.4 Å². The third kappa shape index (κ3) is 5.68. The largest absolute Gasteiger partial charge is 0.322 e. The van der Waals surface area contributed by atoms with Crippen LogP contribution in [0.25, 0.3) is 0 Å². The molecule has 0 spiro atoms. The van der Waals surface area contributed by atoms with Crippen molar-refractivity contribution in [2.45, 2.75) is 0 Å². The number of amides is 1. The molecule has 0 atom stereocenters. The van der Waals surface area contributed by atoms with Crippen LogP contribution in [0.1, 0.15) is 0 Å². The van der Waals surface area contributed by atoms with Crippen LogP contribution < -0.4 is 17.0 Å². The molecule has 5 N–H and O–H groups in total. The molecule has 0 bridgehead atoms. The zero-order chi connectivity index (χ0) is 4.99. The fourth-order valence-corrected chi connectivity index (χ4v) is 0.0589. The highest BCUT2D eigenvalue weighted by Crippen LogP contribution is 1.43. The minimum atomic E-state index is -0.352. The van der Waals surface area contributed by atoms with Gasteiger partial charge in [0.2, 0.25) is 5.91 Å². The van der Waals surface area contributed by atoms with Gasteiger partial charge in [0.25, 0.3) is 0 Å². The highest BCUT2D eigenvalue weighted by molar-refractivity contribution is 5.85. The number of hydrazine groups is 1. The summed E-state index contributed by atoms with van der Waals surface area (Å²) in [4.78, 5) is 9.82. The molecule has 0 heterocycles. The number of hydrogen-bond acceptors (Lipinski definition) is 3. The first-order valence-electron chi connectivity index (χ1n) is 1.50. The first-order valence-corrected chi connectivity index (χ1v) is 1.50. The van der Waals surface area contributed by atoms with E-state index in [-0.39, 0.29) is 24.9 Å². The van der Waals surface area contributed by atoms with Crippen LogP contribution in [-0.4, -0.2) is 12.5 Å². The number of carbonyl (C=O) groups is 1. The van der Waals surface area contributed by atoms with Crippen LogP contribution in [0.5, 0.6) is 0 Å². The van der Waals surface area contributed by atoms with E-state index in [0.717, 1.165) is 0 Å². The predicted molar refractivity (Wildman–Crippen MR) is 28.6 cm³/mol. The van der Waals surface area contributed by atoms with Crippen molar-refractivity contribution < 1.29 is 4.79 Å². The van der Waals surface area contributed by atoms with Crippen LogP contribution >= 0.6 is 12.4 Å². The Balaban J connectivity index is 0. The van der Waals surface area contributed by atoms with Crippen LogP contribution in [0.4, 0.5) is 0 Å². The molecule has 0 fully saturated rings. The van der Waals surface area contributed by atoms with Crippen LogP contribution in [0.3, 0.4) is 0 Å². The molecule has 0 aliphatic carbocycles. The molecule has 0 aliphatic heterocycles. The maximum Gasteiger partial charge on any atom is 0.247 e. The highest BCUT2D eigenvalue weighted by atomic mass is 35.5. The van der Waals surface area contributed by atoms with Crippen molar-refractivity contribution in [3.8, 4) is 0 Å². The first kappa shape index (κ1) is 9.84. The topological polar surface area (TPSA) is 81.1 Å². The summed E-state index contributed by atoms with van der Waals surface area (Å²) >= 11 is 0. The van der Waals surface area contributed by atoms with Crippen molar-refractivity contribution in [3.63, 3.8) is 0 Å². The van der Waals surface area contributed by atoms with Crippen molar-refractivity contribution in [3.05, 3.63) is 0 Å². The molecule has 1 amide bonds. The van der Waals surface area contributed by atoms with E-state index in [9.17, 15) is 4.79 Å². The minimum Gasteiger partial charge on any atom is -0.322 e. The summed E-state index contributed by atoms with van der Waals surface area (Å²) in [5, 5.41) is 0. The second-order valence-corrected chi connectivity index (χ2v) is 0.772. The number of rotatable bonds is 1. The van der Waals surface area contributed by atoms with Crippen molar-refractivity contribution in [1.82, 2.24) is 5.43 Å². The van der Waals surface area contributed by atoms with E-state index >= 15 is 0 Å². The summed E-state index contributed by atoms with van der Waals surface area (Å²) in [6, 6.07) is 0. The zero-order valence-corrected chi connectivity index (χ0v) is 4.49. The van der Waals surface area contributed by atoms with E-state index in [0.29, 0.717) is 0 Å². The molecule has 5 heteroatoms. The van der Waals surface area contributed by atoms with Gasteiger partial charge in [0.05, 0.1) is 6.54 Å². The molecule has 0 aromatic heterocycles. The van der Waals surface area contributed by atoms with Gasteiger partial charge in [-0.25, -0.2) is 5.84 Å². The van der Waals surface area contributed by atoms with Gasteiger partial charge < -0.3 is 5.73 Å². The third-order valence-electron chi connectivity index (χ3n) is 0.346. The lowest BCUT2D eigenvalue weighted by Gasteiger charge is -1.87. The summed E-state index contributed by atoms with van der Waals surface area (Å²) in [6.45, 7) is -0.0451. The molecular formula is C2H8ClN3O. The minimum absolute atomic E-state index is 0. The van der Waals surface area contributed by atoms with E-state index in [2.05, 4.69) is 5.84 Å². The van der Waals surface area contributed by atoms with Gasteiger partial charge in [-0.3, -0.25) is 10.2 Å². The Morgan fingerprint density at radius 1 is 1.71 bits per heavy atom. The number of nitrogens with two attached hydrogens (primary N) is 2.